The van der Waals surface area contributed by atoms with Gasteiger partial charge in [0.05, 0.1) is 0 Å². The molecule has 0 aliphatic carbocycles. The predicted octanol–water partition coefficient (Wildman–Crippen LogP) is -0.859. The lowest BCUT2D eigenvalue weighted by atomic mass is 11.3. The summed E-state index contributed by atoms with van der Waals surface area (Å²) in [6, 6.07) is 0. The number of nitrogens with zero attached hydrogens (tertiary/aromatic N) is 5. The molecular weight excluding hydrogens is 113 g/mol. The lowest BCUT2D eigenvalue weighted by Crippen LogP contribution is -1.92. The van der Waals surface area contributed by atoms with E-state index in [0.717, 1.165) is 0 Å². The molecule has 0 aromatic carbocycles. The van der Waals surface area contributed by atoms with Crippen LogP contribution in [0.5, 0.6) is 0 Å². The van der Waals surface area contributed by atoms with E-state index in [4.69, 9.17) is 5.26 Å². The molecule has 8 heavy (non-hydrogen) atoms. The van der Waals surface area contributed by atoms with Crippen molar-refractivity contribution in [3.05, 3.63) is 6.08 Å². The maximum absolute atomic E-state index is 11.7. The Hall–Kier alpha value is -1.51. The minimum absolute atomic E-state index is 0.481. The molecule has 1 heterocycles. The molecule has 0 radical (unpaired) electrons. The van der Waals surface area contributed by atoms with Crippen LogP contribution >= 0.6 is 0 Å². The summed E-state index contributed by atoms with van der Waals surface area (Å²) < 4.78 is 11.7. The highest BCUT2D eigenvalue weighted by atomic mass is 19.1. The molecule has 5 nitrogen and oxygen atoms in total. The van der Waals surface area contributed by atoms with Crippen molar-refractivity contribution in [3.63, 3.8) is 0 Å². The number of halogens is 1. The van der Waals surface area contributed by atoms with E-state index in [1.807, 2.05) is 0 Å². The van der Waals surface area contributed by atoms with Gasteiger partial charge in [-0.3, -0.25) is 0 Å². The molecule has 1 rings (SSSR count). The van der Waals surface area contributed by atoms with Gasteiger partial charge in [-0.15, -0.1) is 0 Å². The average molecular weight is 113 g/mol. The molecule has 0 unspecified atom stereocenters. The Morgan fingerprint density at radius 1 is 1.75 bits per heavy atom. The van der Waals surface area contributed by atoms with Gasteiger partial charge >= 0.3 is 6.08 Å². The van der Waals surface area contributed by atoms with E-state index in [1.165, 1.54) is 6.19 Å². The topological polar surface area (TPSA) is 67.4 Å². The first-order valence-corrected chi connectivity index (χ1v) is 1.68. The van der Waals surface area contributed by atoms with Gasteiger partial charge in [0.2, 0.25) is 6.19 Å². The second-order valence-corrected chi connectivity index (χ2v) is 0.948. The molecule has 0 atom stereocenters. The fourth-order valence-corrected chi connectivity index (χ4v) is 0.240. The number of nitriles is 1. The Bertz CT molecular complexity index is 221. The van der Waals surface area contributed by atoms with Crippen LogP contribution in [0.3, 0.4) is 0 Å². The Morgan fingerprint density at radius 3 is 2.75 bits per heavy atom. The van der Waals surface area contributed by atoms with Gasteiger partial charge < -0.3 is 0 Å². The maximum atomic E-state index is 11.7. The van der Waals surface area contributed by atoms with Gasteiger partial charge in [0.15, 0.2) is 0 Å². The molecule has 0 saturated heterocycles. The number of aromatic nitrogens is 4. The Morgan fingerprint density at radius 2 is 2.50 bits per heavy atom. The number of rotatable bonds is 0. The molecule has 40 valence electrons. The van der Waals surface area contributed by atoms with Crippen molar-refractivity contribution in [1.82, 2.24) is 20.2 Å². The first kappa shape index (κ1) is 4.64. The molecule has 0 amide bonds. The molecule has 0 fully saturated rings. The van der Waals surface area contributed by atoms with Crippen molar-refractivity contribution >= 4 is 0 Å². The summed E-state index contributed by atoms with van der Waals surface area (Å²) in [5.74, 6) is 0. The van der Waals surface area contributed by atoms with E-state index < -0.39 is 6.08 Å². The summed E-state index contributed by atoms with van der Waals surface area (Å²) >= 11 is 0. The van der Waals surface area contributed by atoms with Gasteiger partial charge in [-0.2, -0.15) is 9.65 Å². The third-order valence-corrected chi connectivity index (χ3v) is 0.479. The fraction of sp³-hybridized carbons (Fsp3) is 0. The molecule has 1 aromatic rings. The highest BCUT2D eigenvalue weighted by Crippen LogP contribution is 1.76. The van der Waals surface area contributed by atoms with Crippen molar-refractivity contribution < 1.29 is 4.39 Å². The molecule has 0 bridgehead atoms. The largest absolute Gasteiger partial charge is 0.348 e. The smallest absolute Gasteiger partial charge is 0.169 e. The summed E-state index contributed by atoms with van der Waals surface area (Å²) in [4.78, 5) is 0.481. The standard InChI is InChI=1S/C2FN5/c3-2-5-7-8(1-4)6-2. The summed E-state index contributed by atoms with van der Waals surface area (Å²) in [5.41, 5.74) is 0. The van der Waals surface area contributed by atoms with E-state index in [0.29, 0.717) is 4.80 Å². The molecule has 0 aliphatic rings. The van der Waals surface area contributed by atoms with Gasteiger partial charge in [0, 0.05) is 0 Å². The van der Waals surface area contributed by atoms with Crippen LogP contribution in [0.25, 0.3) is 0 Å². The maximum Gasteiger partial charge on any atom is 0.348 e. The highest BCUT2D eigenvalue weighted by Gasteiger charge is 1.95. The monoisotopic (exact) mass is 113 g/mol. The first-order valence-electron chi connectivity index (χ1n) is 1.68. The van der Waals surface area contributed by atoms with Gasteiger partial charge in [-0.1, -0.05) is 15.0 Å². The number of hydrogen-bond acceptors (Lipinski definition) is 4. The van der Waals surface area contributed by atoms with Crippen molar-refractivity contribution in [1.29, 1.82) is 5.26 Å². The SMILES string of the molecule is N#Cn1nnc(F)n1. The van der Waals surface area contributed by atoms with Crippen molar-refractivity contribution in [3.8, 4) is 6.19 Å². The van der Waals surface area contributed by atoms with Crippen LogP contribution in [0.2, 0.25) is 0 Å². The van der Waals surface area contributed by atoms with E-state index in [9.17, 15) is 4.39 Å². The zero-order valence-electron chi connectivity index (χ0n) is 3.61. The van der Waals surface area contributed by atoms with E-state index in [-0.39, 0.29) is 0 Å². The average Bonchev–Trinajstić information content (AvgIpc) is 2.14. The zero-order valence-corrected chi connectivity index (χ0v) is 3.61. The van der Waals surface area contributed by atoms with Crippen LogP contribution < -0.4 is 0 Å². The van der Waals surface area contributed by atoms with Crippen LogP contribution in [0.4, 0.5) is 4.39 Å². The van der Waals surface area contributed by atoms with E-state index in [2.05, 4.69) is 15.4 Å². The molecule has 6 heteroatoms. The lowest BCUT2D eigenvalue weighted by Gasteiger charge is -1.67. The van der Waals surface area contributed by atoms with Gasteiger partial charge in [0.1, 0.15) is 0 Å². The fourth-order valence-electron chi connectivity index (χ4n) is 0.240. The van der Waals surface area contributed by atoms with Crippen LogP contribution in [-0.4, -0.2) is 20.2 Å². The van der Waals surface area contributed by atoms with E-state index in [1.54, 1.807) is 0 Å². The van der Waals surface area contributed by atoms with Crippen molar-refractivity contribution in [2.75, 3.05) is 0 Å². The van der Waals surface area contributed by atoms with Crippen LogP contribution in [0.15, 0.2) is 0 Å². The second kappa shape index (κ2) is 1.54. The number of tetrazole rings is 1. The molecule has 1 aromatic heterocycles. The van der Waals surface area contributed by atoms with Gasteiger partial charge in [-0.25, -0.2) is 0 Å². The first-order chi connectivity index (χ1) is 3.83. The van der Waals surface area contributed by atoms with Crippen LogP contribution in [-0.2, 0) is 0 Å². The second-order valence-electron chi connectivity index (χ2n) is 0.948. The molecule has 0 saturated carbocycles. The lowest BCUT2D eigenvalue weighted by molar-refractivity contribution is 0.536. The van der Waals surface area contributed by atoms with E-state index >= 15 is 0 Å². The quantitative estimate of drug-likeness (QED) is 0.439. The molecule has 0 aliphatic heterocycles. The minimum Gasteiger partial charge on any atom is -0.169 e. The van der Waals surface area contributed by atoms with Gasteiger partial charge in [-0.05, 0) is 5.21 Å². The van der Waals surface area contributed by atoms with Crippen molar-refractivity contribution in [2.24, 2.45) is 0 Å². The van der Waals surface area contributed by atoms with Crippen LogP contribution in [0, 0.1) is 17.5 Å². The zero-order chi connectivity index (χ0) is 5.98. The third kappa shape index (κ3) is 0.607. The Kier molecular flexibility index (Phi) is 0.891. The summed E-state index contributed by atoms with van der Waals surface area (Å²) in [6.07, 6.45) is 0.446. The van der Waals surface area contributed by atoms with Gasteiger partial charge in [0.25, 0.3) is 0 Å². The summed E-state index contributed by atoms with van der Waals surface area (Å²) in [6.45, 7) is 0. The van der Waals surface area contributed by atoms with Crippen molar-refractivity contribution in [2.45, 2.75) is 0 Å². The predicted molar refractivity (Wildman–Crippen MR) is 18.8 cm³/mol. The summed E-state index contributed by atoms with van der Waals surface area (Å²) in [5, 5.41) is 16.6. The highest BCUT2D eigenvalue weighted by molar-refractivity contribution is 4.64. The summed E-state index contributed by atoms with van der Waals surface area (Å²) in [7, 11) is 0. The Balaban J connectivity index is 3.05. The van der Waals surface area contributed by atoms with Crippen LogP contribution in [0.1, 0.15) is 0 Å². The third-order valence-electron chi connectivity index (χ3n) is 0.479. The Labute approximate surface area is 43.3 Å². The normalized spacial score (nSPS) is 8.50. The molecular formula is C2FN5. The molecule has 0 N–H and O–H groups in total. The number of hydrogen-bond donors (Lipinski definition) is 0. The molecule has 0 spiro atoms. The minimum atomic E-state index is -0.994.